The molecule has 2 aromatic rings. The highest BCUT2D eigenvalue weighted by Crippen LogP contribution is 2.39. The third-order valence-electron chi connectivity index (χ3n) is 4.50. The van der Waals surface area contributed by atoms with Crippen LogP contribution in [0.4, 0.5) is 0 Å². The Kier molecular flexibility index (Phi) is 6.63. The van der Waals surface area contributed by atoms with E-state index in [4.69, 9.17) is 34.2 Å². The summed E-state index contributed by atoms with van der Waals surface area (Å²) in [6.07, 6.45) is 1.51. The zero-order valence-electron chi connectivity index (χ0n) is 15.6. The summed E-state index contributed by atoms with van der Waals surface area (Å²) in [6.45, 7) is 10.9. The number of thioether (sulfide) groups is 1. The molecular weight excluding hydrogens is 431 g/mol. The van der Waals surface area contributed by atoms with Crippen molar-refractivity contribution in [3.05, 3.63) is 80.7 Å². The molecule has 0 aliphatic carbocycles. The van der Waals surface area contributed by atoms with Crippen molar-refractivity contribution >= 4 is 51.6 Å². The lowest BCUT2D eigenvalue weighted by Gasteiger charge is -2.24. The van der Waals surface area contributed by atoms with Crippen molar-refractivity contribution in [3.8, 4) is 0 Å². The number of halogens is 2. The number of carbonyl (C=O) groups excluding carboxylic acids is 2. The fraction of sp³-hybridized carbons (Fsp3) is 0.238. The number of allylic oxidation sites excluding steroid dienone is 1. The molecule has 0 fully saturated rings. The Bertz CT molecular complexity index is 1070. The van der Waals surface area contributed by atoms with Crippen molar-refractivity contribution < 1.29 is 14.0 Å². The molecule has 2 unspecified atom stereocenters. The normalized spacial score (nSPS) is 18.9. The number of hydrogen-bond acceptors (Lipinski definition) is 5. The summed E-state index contributed by atoms with van der Waals surface area (Å²) in [5, 5.41) is 1.20. The lowest BCUT2D eigenvalue weighted by molar-refractivity contribution is -0.114. The summed E-state index contributed by atoms with van der Waals surface area (Å²) in [5.74, 6) is -0.337. The Morgan fingerprint density at radius 1 is 1.31 bits per heavy atom. The second kappa shape index (κ2) is 9.00. The first-order valence-electron chi connectivity index (χ1n) is 8.64. The van der Waals surface area contributed by atoms with Crippen LogP contribution in [0.15, 0.2) is 57.3 Å². The molecule has 5 nitrogen and oxygen atoms in total. The van der Waals surface area contributed by atoms with E-state index >= 15 is 0 Å². The first kappa shape index (κ1) is 21.4. The average Bonchev–Trinajstić information content (AvgIpc) is 3.19. The van der Waals surface area contributed by atoms with Crippen molar-refractivity contribution in [3.63, 3.8) is 0 Å². The molecule has 0 N–H and O–H groups in total. The molecule has 0 amide bonds. The van der Waals surface area contributed by atoms with Crippen LogP contribution < -0.4 is 0 Å². The molecule has 0 radical (unpaired) electrons. The van der Waals surface area contributed by atoms with Crippen molar-refractivity contribution in [2.75, 3.05) is 5.75 Å². The predicted octanol–water partition coefficient (Wildman–Crippen LogP) is 5.85. The Balaban J connectivity index is 1.90. The zero-order valence-corrected chi connectivity index (χ0v) is 17.9. The largest absolute Gasteiger partial charge is 0.468 e. The highest BCUT2D eigenvalue weighted by atomic mass is 35.5. The van der Waals surface area contributed by atoms with Gasteiger partial charge in [-0.05, 0) is 44.2 Å². The predicted molar refractivity (Wildman–Crippen MR) is 116 cm³/mol. The van der Waals surface area contributed by atoms with E-state index in [1.165, 1.54) is 31.0 Å². The number of rotatable bonds is 5. The van der Waals surface area contributed by atoms with Crippen molar-refractivity contribution in [1.29, 1.82) is 0 Å². The molecule has 0 saturated heterocycles. The first-order valence-corrected chi connectivity index (χ1v) is 10.4. The van der Waals surface area contributed by atoms with Crippen LogP contribution in [0, 0.1) is 6.57 Å². The Labute approximate surface area is 182 Å². The van der Waals surface area contributed by atoms with Gasteiger partial charge >= 0.3 is 0 Å². The van der Waals surface area contributed by atoms with Crippen LogP contribution in [0.2, 0.25) is 10.0 Å². The highest BCUT2D eigenvalue weighted by Gasteiger charge is 2.43. The molecular formula is C21H16Cl2N2O3S. The van der Waals surface area contributed by atoms with E-state index < -0.39 is 12.0 Å². The van der Waals surface area contributed by atoms with Gasteiger partial charge in [-0.15, -0.1) is 0 Å². The summed E-state index contributed by atoms with van der Waals surface area (Å²) < 4.78 is 5.51. The minimum Gasteiger partial charge on any atom is -0.468 e. The van der Waals surface area contributed by atoms with Gasteiger partial charge in [-0.2, -0.15) is 0 Å². The van der Waals surface area contributed by atoms with Crippen LogP contribution in [-0.2, 0) is 4.79 Å². The molecule has 29 heavy (non-hydrogen) atoms. The van der Waals surface area contributed by atoms with Crippen molar-refractivity contribution in [2.24, 2.45) is 4.99 Å². The number of carbonyl (C=O) groups is 2. The average molecular weight is 447 g/mol. The van der Waals surface area contributed by atoms with Crippen LogP contribution in [0.3, 0.4) is 0 Å². The standard InChI is InChI=1S/C21H16Cl2N2O3S/c1-11-18(12(2)26)19(17-5-4-8-28-17)20(24-3)21(25-11)29-10-16(27)14-7-6-13(22)9-15(14)23/h4-9,19-20H,10H2,1-2H3. The van der Waals surface area contributed by atoms with Gasteiger partial charge in [-0.1, -0.05) is 35.0 Å². The lowest BCUT2D eigenvalue weighted by atomic mass is 9.84. The Hall–Kier alpha value is -2.33. The molecule has 1 aromatic heterocycles. The van der Waals surface area contributed by atoms with E-state index in [1.807, 2.05) is 0 Å². The van der Waals surface area contributed by atoms with E-state index in [0.717, 1.165) is 0 Å². The van der Waals surface area contributed by atoms with Crippen LogP contribution in [0.5, 0.6) is 0 Å². The molecule has 2 atom stereocenters. The van der Waals surface area contributed by atoms with Gasteiger partial charge < -0.3 is 9.26 Å². The summed E-state index contributed by atoms with van der Waals surface area (Å²) >= 11 is 13.2. The summed E-state index contributed by atoms with van der Waals surface area (Å²) in [6, 6.07) is 7.40. The van der Waals surface area contributed by atoms with Crippen LogP contribution in [0.1, 0.15) is 35.9 Å². The zero-order chi connectivity index (χ0) is 21.1. The SMILES string of the molecule is [C-]#[N+]C1C(SCC(=O)c2ccc(Cl)cc2Cl)=NC(C)=C(C(C)=O)C1c1ccco1. The summed E-state index contributed by atoms with van der Waals surface area (Å²) in [4.78, 5) is 33.0. The van der Waals surface area contributed by atoms with Crippen molar-refractivity contribution in [2.45, 2.75) is 25.8 Å². The quantitative estimate of drug-likeness (QED) is 0.426. The van der Waals surface area contributed by atoms with Gasteiger partial charge in [0.15, 0.2) is 16.6 Å². The monoisotopic (exact) mass is 446 g/mol. The highest BCUT2D eigenvalue weighted by molar-refractivity contribution is 8.14. The van der Waals surface area contributed by atoms with Gasteiger partial charge in [-0.3, -0.25) is 9.59 Å². The van der Waals surface area contributed by atoms with Crippen LogP contribution in [-0.4, -0.2) is 28.4 Å². The Morgan fingerprint density at radius 2 is 2.07 bits per heavy atom. The third kappa shape index (κ3) is 4.48. The number of furan rings is 1. The summed E-state index contributed by atoms with van der Waals surface area (Å²) in [5.41, 5.74) is 1.34. The molecule has 1 aromatic carbocycles. The van der Waals surface area contributed by atoms with E-state index in [0.29, 0.717) is 32.7 Å². The number of Topliss-reactive ketones (excluding diaryl/α,β-unsaturated/α-hetero) is 2. The molecule has 0 spiro atoms. The van der Waals surface area contributed by atoms with Gasteiger partial charge in [0.1, 0.15) is 11.7 Å². The number of aliphatic imine (C=N–C) groups is 1. The molecule has 2 heterocycles. The van der Waals surface area contributed by atoms with E-state index in [-0.39, 0.29) is 22.3 Å². The molecule has 148 valence electrons. The number of hydrogen-bond donors (Lipinski definition) is 0. The molecule has 0 saturated carbocycles. The van der Waals surface area contributed by atoms with Gasteiger partial charge in [-0.25, -0.2) is 11.6 Å². The number of benzene rings is 1. The number of nitrogens with zero attached hydrogens (tertiary/aromatic N) is 2. The minimum absolute atomic E-state index is 0.0553. The third-order valence-corrected chi connectivity index (χ3v) is 6.08. The van der Waals surface area contributed by atoms with Crippen molar-refractivity contribution in [1.82, 2.24) is 0 Å². The van der Waals surface area contributed by atoms with E-state index in [2.05, 4.69) is 9.84 Å². The topological polar surface area (TPSA) is 64.0 Å². The van der Waals surface area contributed by atoms with Gasteiger partial charge in [0, 0.05) is 21.9 Å². The van der Waals surface area contributed by atoms with E-state index in [9.17, 15) is 9.59 Å². The maximum absolute atomic E-state index is 12.6. The lowest BCUT2D eigenvalue weighted by Crippen LogP contribution is -2.31. The Morgan fingerprint density at radius 3 is 2.66 bits per heavy atom. The maximum atomic E-state index is 12.6. The van der Waals surface area contributed by atoms with Gasteiger partial charge in [0.25, 0.3) is 6.04 Å². The molecule has 3 rings (SSSR count). The first-order chi connectivity index (χ1) is 13.8. The fourth-order valence-corrected chi connectivity index (χ4v) is 4.75. The van der Waals surface area contributed by atoms with Crippen LogP contribution in [0.25, 0.3) is 4.85 Å². The second-order valence-corrected chi connectivity index (χ2v) is 8.25. The number of ketones is 2. The van der Waals surface area contributed by atoms with Crippen LogP contribution >= 0.6 is 35.0 Å². The smallest absolute Gasteiger partial charge is 0.285 e. The molecule has 1 aliphatic rings. The van der Waals surface area contributed by atoms with E-state index in [1.54, 1.807) is 31.2 Å². The second-order valence-electron chi connectivity index (χ2n) is 6.41. The minimum atomic E-state index is -0.748. The van der Waals surface area contributed by atoms with Gasteiger partial charge in [0.05, 0.1) is 17.0 Å². The molecule has 1 aliphatic heterocycles. The molecule has 8 heteroatoms. The summed E-state index contributed by atoms with van der Waals surface area (Å²) in [7, 11) is 0. The van der Waals surface area contributed by atoms with Gasteiger partial charge in [0.2, 0.25) is 0 Å². The maximum Gasteiger partial charge on any atom is 0.285 e. The molecule has 0 bridgehead atoms. The fourth-order valence-electron chi connectivity index (χ4n) is 3.24.